The van der Waals surface area contributed by atoms with Crippen molar-refractivity contribution in [1.29, 1.82) is 0 Å². The van der Waals surface area contributed by atoms with E-state index < -0.39 is 35.1 Å². The Kier molecular flexibility index (Phi) is 6.26. The van der Waals surface area contributed by atoms with Crippen LogP contribution in [0.25, 0.3) is 5.57 Å². The quantitative estimate of drug-likeness (QED) is 0.371. The molecule has 0 fully saturated rings. The smallest absolute Gasteiger partial charge is 0.436 e. The van der Waals surface area contributed by atoms with E-state index in [0.29, 0.717) is 25.0 Å². The van der Waals surface area contributed by atoms with E-state index in [9.17, 15) is 31.1 Å². The standard InChI is InChI=1S/C24H20F6O2/c1-3-15-5-9-17(10-6-15)20(23(25,26)27)13-18-14-22(24(28,29)30,32-21(18)31)19-11-7-16(4-2)8-12-19/h5-14H,3-4H2,1-2H3/b20-13+. The third-order valence-electron chi connectivity index (χ3n) is 5.34. The highest BCUT2D eigenvalue weighted by molar-refractivity contribution is 5.97. The molecule has 32 heavy (non-hydrogen) atoms. The van der Waals surface area contributed by atoms with E-state index in [0.717, 1.165) is 23.3 Å². The summed E-state index contributed by atoms with van der Waals surface area (Å²) in [5.74, 6) is -1.48. The van der Waals surface area contributed by atoms with Gasteiger partial charge >= 0.3 is 18.3 Å². The zero-order valence-corrected chi connectivity index (χ0v) is 17.3. The maximum absolute atomic E-state index is 14.0. The van der Waals surface area contributed by atoms with Crippen LogP contribution in [0.1, 0.15) is 36.1 Å². The van der Waals surface area contributed by atoms with Crippen molar-refractivity contribution in [3.8, 4) is 0 Å². The van der Waals surface area contributed by atoms with Crippen LogP contribution in [-0.4, -0.2) is 18.3 Å². The van der Waals surface area contributed by atoms with Gasteiger partial charge in [0.1, 0.15) is 0 Å². The molecule has 0 N–H and O–H groups in total. The van der Waals surface area contributed by atoms with Gasteiger partial charge in [-0.05, 0) is 41.7 Å². The number of aryl methyl sites for hydroxylation is 2. The van der Waals surface area contributed by atoms with Crippen molar-refractivity contribution in [1.82, 2.24) is 0 Å². The summed E-state index contributed by atoms with van der Waals surface area (Å²) in [4.78, 5) is 12.3. The third-order valence-corrected chi connectivity index (χ3v) is 5.34. The normalized spacial score (nSPS) is 19.7. The first-order valence-corrected chi connectivity index (χ1v) is 9.92. The fraction of sp³-hybridized carbons (Fsp3) is 0.292. The molecule has 0 aliphatic carbocycles. The topological polar surface area (TPSA) is 26.3 Å². The first-order valence-electron chi connectivity index (χ1n) is 9.92. The van der Waals surface area contributed by atoms with Crippen LogP contribution >= 0.6 is 0 Å². The molecule has 8 heteroatoms. The number of carbonyl (C=O) groups is 1. The minimum atomic E-state index is -5.08. The first kappa shape index (κ1) is 23.6. The van der Waals surface area contributed by atoms with Gasteiger partial charge in [0, 0.05) is 5.56 Å². The average molecular weight is 454 g/mol. The average Bonchev–Trinajstić information content (AvgIpc) is 3.09. The van der Waals surface area contributed by atoms with Gasteiger partial charge in [-0.2, -0.15) is 26.3 Å². The maximum Gasteiger partial charge on any atom is 0.436 e. The molecule has 0 saturated heterocycles. The Morgan fingerprint density at radius 2 is 1.38 bits per heavy atom. The zero-order valence-electron chi connectivity index (χ0n) is 17.3. The van der Waals surface area contributed by atoms with Crippen LogP contribution in [0.15, 0.2) is 66.3 Å². The molecule has 2 nitrogen and oxygen atoms in total. The molecule has 1 aliphatic rings. The van der Waals surface area contributed by atoms with E-state index in [1.54, 1.807) is 0 Å². The summed E-state index contributed by atoms with van der Waals surface area (Å²) in [7, 11) is 0. The molecular formula is C24H20F6O2. The molecule has 0 saturated carbocycles. The Hall–Kier alpha value is -3.03. The molecule has 3 rings (SSSR count). The van der Waals surface area contributed by atoms with Crippen molar-refractivity contribution < 1.29 is 35.9 Å². The van der Waals surface area contributed by atoms with Crippen LogP contribution in [0.2, 0.25) is 0 Å². The van der Waals surface area contributed by atoms with Crippen molar-refractivity contribution in [2.24, 2.45) is 0 Å². The Bertz CT molecular complexity index is 1040. The molecule has 1 aliphatic heterocycles. The first-order chi connectivity index (χ1) is 14.9. The van der Waals surface area contributed by atoms with Crippen LogP contribution in [0.3, 0.4) is 0 Å². The van der Waals surface area contributed by atoms with Gasteiger partial charge in [-0.25, -0.2) is 4.79 Å². The predicted molar refractivity (Wildman–Crippen MR) is 108 cm³/mol. The molecule has 2 aromatic carbocycles. The third kappa shape index (κ3) is 4.45. The fourth-order valence-corrected chi connectivity index (χ4v) is 3.45. The Morgan fingerprint density at radius 3 is 1.81 bits per heavy atom. The number of hydrogen-bond acceptors (Lipinski definition) is 2. The van der Waals surface area contributed by atoms with Gasteiger partial charge in [0.2, 0.25) is 0 Å². The van der Waals surface area contributed by atoms with Gasteiger partial charge in [-0.1, -0.05) is 62.4 Å². The summed E-state index contributed by atoms with van der Waals surface area (Å²) >= 11 is 0. The Balaban J connectivity index is 2.15. The summed E-state index contributed by atoms with van der Waals surface area (Å²) in [6.07, 6.45) is -7.96. The van der Waals surface area contributed by atoms with Gasteiger partial charge in [0.15, 0.2) is 0 Å². The largest absolute Gasteiger partial charge is 0.436 e. The second kappa shape index (κ2) is 8.48. The number of ether oxygens (including phenoxy) is 1. The van der Waals surface area contributed by atoms with Gasteiger partial charge in [0.25, 0.3) is 5.60 Å². The number of allylic oxidation sites excluding steroid dienone is 1. The van der Waals surface area contributed by atoms with Crippen LogP contribution in [0.5, 0.6) is 0 Å². The van der Waals surface area contributed by atoms with E-state index >= 15 is 0 Å². The fourth-order valence-electron chi connectivity index (χ4n) is 3.45. The number of alkyl halides is 6. The van der Waals surface area contributed by atoms with Gasteiger partial charge in [0.05, 0.1) is 11.1 Å². The summed E-state index contributed by atoms with van der Waals surface area (Å²) in [6.45, 7) is 3.65. The molecule has 0 bridgehead atoms. The molecule has 0 spiro atoms. The van der Waals surface area contributed by atoms with Crippen molar-refractivity contribution in [2.75, 3.05) is 0 Å². The van der Waals surface area contributed by atoms with Crippen molar-refractivity contribution in [3.05, 3.63) is 88.5 Å². The van der Waals surface area contributed by atoms with Crippen LogP contribution in [-0.2, 0) is 28.0 Å². The number of esters is 1. The van der Waals surface area contributed by atoms with E-state index in [-0.39, 0.29) is 11.1 Å². The number of halogens is 6. The van der Waals surface area contributed by atoms with Crippen LogP contribution in [0.4, 0.5) is 26.3 Å². The summed E-state index contributed by atoms with van der Waals surface area (Å²) in [5.41, 5.74) is -4.31. The maximum atomic E-state index is 14.0. The van der Waals surface area contributed by atoms with E-state index in [2.05, 4.69) is 0 Å². The number of carbonyl (C=O) groups excluding carboxylic acids is 1. The second-order valence-corrected chi connectivity index (χ2v) is 7.38. The molecule has 1 unspecified atom stereocenters. The molecule has 0 amide bonds. The van der Waals surface area contributed by atoms with Crippen molar-refractivity contribution in [3.63, 3.8) is 0 Å². The molecule has 1 atom stereocenters. The lowest BCUT2D eigenvalue weighted by molar-refractivity contribution is -0.250. The molecule has 0 aromatic heterocycles. The molecular weight excluding hydrogens is 434 g/mol. The Labute approximate surface area is 181 Å². The highest BCUT2D eigenvalue weighted by Crippen LogP contribution is 2.48. The number of cyclic esters (lactones) is 1. The van der Waals surface area contributed by atoms with E-state index in [4.69, 9.17) is 4.74 Å². The van der Waals surface area contributed by atoms with Gasteiger partial charge < -0.3 is 4.74 Å². The molecule has 170 valence electrons. The second-order valence-electron chi connectivity index (χ2n) is 7.38. The van der Waals surface area contributed by atoms with Crippen molar-refractivity contribution in [2.45, 2.75) is 44.6 Å². The zero-order chi connectivity index (χ0) is 23.7. The SMILES string of the molecule is CCc1ccc(/C(=C\C2=CC(c3ccc(CC)cc3)(C(F)(F)F)OC2=O)C(F)(F)F)cc1. The molecule has 2 aromatic rings. The van der Waals surface area contributed by atoms with Gasteiger partial charge in [-0.15, -0.1) is 0 Å². The number of hydrogen-bond donors (Lipinski definition) is 0. The lowest BCUT2D eigenvalue weighted by Gasteiger charge is -2.29. The van der Waals surface area contributed by atoms with Crippen molar-refractivity contribution >= 4 is 11.5 Å². The number of rotatable bonds is 5. The molecule has 0 radical (unpaired) electrons. The highest BCUT2D eigenvalue weighted by atomic mass is 19.4. The monoisotopic (exact) mass is 454 g/mol. The van der Waals surface area contributed by atoms with E-state index in [1.807, 2.05) is 13.8 Å². The van der Waals surface area contributed by atoms with Crippen LogP contribution < -0.4 is 0 Å². The minimum absolute atomic E-state index is 0.264. The predicted octanol–water partition coefficient (Wildman–Crippen LogP) is 6.70. The summed E-state index contributed by atoms with van der Waals surface area (Å²) in [6, 6.07) is 10.7. The lowest BCUT2D eigenvalue weighted by Crippen LogP contribution is -2.41. The minimum Gasteiger partial charge on any atom is -0.436 e. The summed E-state index contributed by atoms with van der Waals surface area (Å²) < 4.78 is 88.0. The Morgan fingerprint density at radius 1 is 0.875 bits per heavy atom. The highest BCUT2D eigenvalue weighted by Gasteiger charge is 2.61. The van der Waals surface area contributed by atoms with Crippen LogP contribution in [0, 0.1) is 0 Å². The van der Waals surface area contributed by atoms with Gasteiger partial charge in [-0.3, -0.25) is 0 Å². The molecule has 1 heterocycles. The summed E-state index contributed by atoms with van der Waals surface area (Å²) in [5, 5.41) is 0. The van der Waals surface area contributed by atoms with E-state index in [1.165, 1.54) is 36.4 Å². The lowest BCUT2D eigenvalue weighted by atomic mass is 9.90. The number of benzene rings is 2.